The molecule has 4 heteroatoms. The van der Waals surface area contributed by atoms with E-state index in [4.69, 9.17) is 5.73 Å². The minimum Gasteiger partial charge on any atom is -0.330 e. The number of hydrogen-bond donors (Lipinski definition) is 1. The average Bonchev–Trinajstić information content (AvgIpc) is 2.18. The van der Waals surface area contributed by atoms with Gasteiger partial charge in [-0.25, -0.2) is 8.42 Å². The number of hydrogen-bond acceptors (Lipinski definition) is 3. The predicted molar refractivity (Wildman–Crippen MR) is 61.7 cm³/mol. The van der Waals surface area contributed by atoms with E-state index in [0.29, 0.717) is 17.9 Å². The maximum absolute atomic E-state index is 11.8. The lowest BCUT2D eigenvalue weighted by Gasteiger charge is -2.09. The summed E-state index contributed by atoms with van der Waals surface area (Å²) < 4.78 is 23.5. The van der Waals surface area contributed by atoms with Crippen LogP contribution in [0.2, 0.25) is 0 Å². The molecule has 15 heavy (non-hydrogen) atoms. The molecule has 0 aliphatic rings. The van der Waals surface area contributed by atoms with Crippen molar-refractivity contribution < 1.29 is 8.42 Å². The molecule has 0 saturated carbocycles. The van der Waals surface area contributed by atoms with Gasteiger partial charge < -0.3 is 5.73 Å². The minimum absolute atomic E-state index is 0.133. The summed E-state index contributed by atoms with van der Waals surface area (Å²) in [6, 6.07) is 5.40. The molecule has 1 rings (SSSR count). The molecular formula is C11H17NO2S. The van der Waals surface area contributed by atoms with E-state index in [-0.39, 0.29) is 5.75 Å². The standard InChI is InChI=1S/C11H17NO2S/c1-3-15(13,14)11-5-4-9(2)8-10(11)6-7-12/h4-5,8H,3,6-7,12H2,1-2H3. The minimum atomic E-state index is -3.12. The molecule has 0 spiro atoms. The zero-order valence-corrected chi connectivity index (χ0v) is 9.97. The van der Waals surface area contributed by atoms with Gasteiger partial charge >= 0.3 is 0 Å². The van der Waals surface area contributed by atoms with Crippen molar-refractivity contribution in [3.63, 3.8) is 0 Å². The summed E-state index contributed by atoms with van der Waals surface area (Å²) in [7, 11) is -3.12. The van der Waals surface area contributed by atoms with Gasteiger partial charge in [0.2, 0.25) is 0 Å². The Kier molecular flexibility index (Phi) is 3.88. The van der Waals surface area contributed by atoms with Crippen LogP contribution < -0.4 is 5.73 Å². The van der Waals surface area contributed by atoms with Crippen molar-refractivity contribution in [2.45, 2.75) is 25.2 Å². The highest BCUT2D eigenvalue weighted by Crippen LogP contribution is 2.19. The molecule has 0 aromatic heterocycles. The van der Waals surface area contributed by atoms with Gasteiger partial charge in [-0.1, -0.05) is 24.6 Å². The monoisotopic (exact) mass is 227 g/mol. The van der Waals surface area contributed by atoms with Gasteiger partial charge in [0.05, 0.1) is 10.6 Å². The van der Waals surface area contributed by atoms with E-state index in [1.165, 1.54) is 0 Å². The number of benzene rings is 1. The first kappa shape index (κ1) is 12.2. The highest BCUT2D eigenvalue weighted by molar-refractivity contribution is 7.91. The van der Waals surface area contributed by atoms with Gasteiger partial charge in [0.25, 0.3) is 0 Å². The van der Waals surface area contributed by atoms with Gasteiger partial charge in [0.15, 0.2) is 9.84 Å². The van der Waals surface area contributed by atoms with Crippen LogP contribution in [-0.4, -0.2) is 20.7 Å². The average molecular weight is 227 g/mol. The molecule has 0 heterocycles. The topological polar surface area (TPSA) is 60.2 Å². The second-order valence-corrected chi connectivity index (χ2v) is 5.80. The first-order valence-electron chi connectivity index (χ1n) is 5.03. The van der Waals surface area contributed by atoms with E-state index < -0.39 is 9.84 Å². The molecule has 0 atom stereocenters. The fourth-order valence-electron chi connectivity index (χ4n) is 1.52. The summed E-state index contributed by atoms with van der Waals surface area (Å²) in [4.78, 5) is 0.432. The van der Waals surface area contributed by atoms with Gasteiger partial charge in [-0.3, -0.25) is 0 Å². The Morgan fingerprint density at radius 3 is 2.53 bits per heavy atom. The van der Waals surface area contributed by atoms with Crippen LogP contribution in [0.1, 0.15) is 18.1 Å². The summed E-state index contributed by atoms with van der Waals surface area (Å²) in [5, 5.41) is 0. The van der Waals surface area contributed by atoms with Crippen LogP contribution in [0, 0.1) is 6.92 Å². The van der Waals surface area contributed by atoms with Gasteiger partial charge in [-0.15, -0.1) is 0 Å². The van der Waals surface area contributed by atoms with Crippen molar-refractivity contribution in [3.05, 3.63) is 29.3 Å². The fourth-order valence-corrected chi connectivity index (χ4v) is 2.66. The fraction of sp³-hybridized carbons (Fsp3) is 0.455. The maximum Gasteiger partial charge on any atom is 0.178 e. The van der Waals surface area contributed by atoms with Crippen LogP contribution in [0.5, 0.6) is 0 Å². The second-order valence-electron chi connectivity index (χ2n) is 3.55. The first-order chi connectivity index (χ1) is 7.01. The van der Waals surface area contributed by atoms with Crippen LogP contribution in [0.25, 0.3) is 0 Å². The van der Waals surface area contributed by atoms with E-state index in [0.717, 1.165) is 11.1 Å². The molecule has 0 amide bonds. The highest BCUT2D eigenvalue weighted by atomic mass is 32.2. The molecule has 0 fully saturated rings. The molecule has 1 aromatic carbocycles. The van der Waals surface area contributed by atoms with Crippen LogP contribution in [0.4, 0.5) is 0 Å². The molecule has 0 radical (unpaired) electrons. The largest absolute Gasteiger partial charge is 0.330 e. The van der Waals surface area contributed by atoms with Crippen LogP contribution in [-0.2, 0) is 16.3 Å². The Morgan fingerprint density at radius 1 is 1.33 bits per heavy atom. The lowest BCUT2D eigenvalue weighted by molar-refractivity contribution is 0.596. The summed E-state index contributed by atoms with van der Waals surface area (Å²) >= 11 is 0. The van der Waals surface area contributed by atoms with Crippen LogP contribution >= 0.6 is 0 Å². The van der Waals surface area contributed by atoms with Gasteiger partial charge in [0, 0.05) is 0 Å². The zero-order chi connectivity index (χ0) is 11.5. The Bertz CT molecular complexity index is 438. The van der Waals surface area contributed by atoms with Gasteiger partial charge in [-0.2, -0.15) is 0 Å². The Morgan fingerprint density at radius 2 is 2.00 bits per heavy atom. The lowest BCUT2D eigenvalue weighted by atomic mass is 10.1. The third kappa shape index (κ3) is 2.79. The molecule has 0 aliphatic heterocycles. The van der Waals surface area contributed by atoms with Crippen molar-refractivity contribution in [2.75, 3.05) is 12.3 Å². The van der Waals surface area contributed by atoms with Gasteiger partial charge in [0.1, 0.15) is 0 Å². The Balaban J connectivity index is 3.29. The summed E-state index contributed by atoms with van der Waals surface area (Å²) in [5.41, 5.74) is 7.37. The lowest BCUT2D eigenvalue weighted by Crippen LogP contribution is -2.11. The second kappa shape index (κ2) is 4.77. The Labute approximate surface area is 91.2 Å². The molecule has 1 aromatic rings. The van der Waals surface area contributed by atoms with E-state index in [2.05, 4.69) is 0 Å². The van der Waals surface area contributed by atoms with Crippen LogP contribution in [0.15, 0.2) is 23.1 Å². The van der Waals surface area contributed by atoms with Crippen molar-refractivity contribution >= 4 is 9.84 Å². The first-order valence-corrected chi connectivity index (χ1v) is 6.69. The van der Waals surface area contributed by atoms with Crippen molar-refractivity contribution in [1.82, 2.24) is 0 Å². The highest BCUT2D eigenvalue weighted by Gasteiger charge is 2.15. The summed E-state index contributed by atoms with van der Waals surface area (Å²) in [6.45, 7) is 4.07. The van der Waals surface area contributed by atoms with E-state index in [1.807, 2.05) is 19.1 Å². The van der Waals surface area contributed by atoms with Crippen molar-refractivity contribution in [1.29, 1.82) is 0 Å². The van der Waals surface area contributed by atoms with Crippen molar-refractivity contribution in [2.24, 2.45) is 5.73 Å². The quantitative estimate of drug-likeness (QED) is 0.843. The molecular weight excluding hydrogens is 210 g/mol. The summed E-state index contributed by atoms with van der Waals surface area (Å²) in [6.07, 6.45) is 0.607. The van der Waals surface area contributed by atoms with Crippen molar-refractivity contribution in [3.8, 4) is 0 Å². The number of aryl methyl sites for hydroxylation is 1. The maximum atomic E-state index is 11.8. The third-order valence-corrected chi connectivity index (χ3v) is 4.17. The smallest absolute Gasteiger partial charge is 0.178 e. The number of rotatable bonds is 4. The third-order valence-electron chi connectivity index (χ3n) is 2.34. The molecule has 2 N–H and O–H groups in total. The predicted octanol–water partition coefficient (Wildman–Crippen LogP) is 1.29. The molecule has 0 aliphatic carbocycles. The molecule has 0 bridgehead atoms. The van der Waals surface area contributed by atoms with E-state index in [9.17, 15) is 8.42 Å². The molecule has 84 valence electrons. The van der Waals surface area contributed by atoms with Gasteiger partial charge in [-0.05, 0) is 31.5 Å². The molecule has 3 nitrogen and oxygen atoms in total. The van der Waals surface area contributed by atoms with E-state index >= 15 is 0 Å². The molecule has 0 unspecified atom stereocenters. The SMILES string of the molecule is CCS(=O)(=O)c1ccc(C)cc1CCN. The molecule has 0 saturated heterocycles. The van der Waals surface area contributed by atoms with Crippen LogP contribution in [0.3, 0.4) is 0 Å². The Hall–Kier alpha value is -0.870. The number of sulfone groups is 1. The normalized spacial score (nSPS) is 11.7. The number of nitrogens with two attached hydrogens (primary N) is 1. The zero-order valence-electron chi connectivity index (χ0n) is 9.16. The van der Waals surface area contributed by atoms with E-state index in [1.54, 1.807) is 13.0 Å². The summed E-state index contributed by atoms with van der Waals surface area (Å²) in [5.74, 6) is 0.133.